The second kappa shape index (κ2) is 8.61. The van der Waals surface area contributed by atoms with Crippen molar-refractivity contribution in [2.45, 2.75) is 33.1 Å². The lowest BCUT2D eigenvalue weighted by atomic mass is 10.0. The van der Waals surface area contributed by atoms with Crippen LogP contribution < -0.4 is 9.80 Å². The van der Waals surface area contributed by atoms with E-state index in [4.69, 9.17) is 4.99 Å². The van der Waals surface area contributed by atoms with Crippen molar-refractivity contribution in [3.05, 3.63) is 53.3 Å². The van der Waals surface area contributed by atoms with Crippen molar-refractivity contribution in [3.8, 4) is 0 Å². The molecule has 33 heavy (non-hydrogen) atoms. The fourth-order valence-corrected chi connectivity index (χ4v) is 5.05. The van der Waals surface area contributed by atoms with Crippen LogP contribution >= 0.6 is 0 Å². The molecule has 0 spiro atoms. The first-order valence-corrected chi connectivity index (χ1v) is 11.7. The summed E-state index contributed by atoms with van der Waals surface area (Å²) in [7, 11) is 0. The zero-order valence-electron chi connectivity index (χ0n) is 19.2. The van der Waals surface area contributed by atoms with E-state index >= 15 is 0 Å². The maximum atomic E-state index is 13.5. The third kappa shape index (κ3) is 4.12. The minimum atomic E-state index is -0.255. The van der Waals surface area contributed by atoms with Gasteiger partial charge in [-0.2, -0.15) is 0 Å². The Morgan fingerprint density at radius 3 is 2.48 bits per heavy atom. The molecule has 1 aliphatic carbocycles. The van der Waals surface area contributed by atoms with Gasteiger partial charge in [0.05, 0.1) is 17.3 Å². The number of carbonyl (C=O) groups is 2. The number of anilines is 2. The zero-order chi connectivity index (χ0) is 23.1. The third-order valence-electron chi connectivity index (χ3n) is 7.16. The largest absolute Gasteiger partial charge is 0.368 e. The van der Waals surface area contributed by atoms with Gasteiger partial charge in [-0.05, 0) is 80.6 Å². The number of hydrogen-bond donors (Lipinski definition) is 0. The van der Waals surface area contributed by atoms with Crippen molar-refractivity contribution < 1.29 is 14.0 Å². The van der Waals surface area contributed by atoms with Gasteiger partial charge in [-0.25, -0.2) is 4.39 Å². The van der Waals surface area contributed by atoms with Gasteiger partial charge in [0.25, 0.3) is 0 Å². The maximum absolute atomic E-state index is 13.5. The van der Waals surface area contributed by atoms with Gasteiger partial charge in [-0.15, -0.1) is 0 Å². The van der Waals surface area contributed by atoms with E-state index in [1.807, 2.05) is 30.9 Å². The van der Waals surface area contributed by atoms with Gasteiger partial charge >= 0.3 is 0 Å². The van der Waals surface area contributed by atoms with Crippen molar-refractivity contribution in [1.82, 2.24) is 4.90 Å². The summed E-state index contributed by atoms with van der Waals surface area (Å²) in [6, 6.07) is 10.5. The highest BCUT2D eigenvalue weighted by molar-refractivity contribution is 6.16. The van der Waals surface area contributed by atoms with Crippen molar-refractivity contribution >= 4 is 34.6 Å². The van der Waals surface area contributed by atoms with E-state index < -0.39 is 0 Å². The molecule has 2 amide bonds. The van der Waals surface area contributed by atoms with E-state index in [1.54, 1.807) is 17.0 Å². The van der Waals surface area contributed by atoms with Gasteiger partial charge in [0.2, 0.25) is 11.8 Å². The Hall–Kier alpha value is -3.22. The number of rotatable bonds is 3. The number of piperazine rings is 1. The molecule has 2 aromatic rings. The molecule has 7 heteroatoms. The average Bonchev–Trinajstić information content (AvgIpc) is 3.24. The molecule has 2 aliphatic heterocycles. The Morgan fingerprint density at radius 2 is 1.76 bits per heavy atom. The molecule has 172 valence electrons. The molecule has 5 rings (SSSR count). The van der Waals surface area contributed by atoms with Crippen LogP contribution in [0.3, 0.4) is 0 Å². The second-order valence-corrected chi connectivity index (χ2v) is 9.24. The predicted octanol–water partition coefficient (Wildman–Crippen LogP) is 4.01. The Bertz CT molecular complexity index is 1120. The third-order valence-corrected chi connectivity index (χ3v) is 7.16. The predicted molar refractivity (Wildman–Crippen MR) is 128 cm³/mol. The number of amides is 2. The molecule has 0 radical (unpaired) electrons. The Kier molecular flexibility index (Phi) is 5.64. The summed E-state index contributed by atoms with van der Waals surface area (Å²) in [5.41, 5.74) is 5.65. The highest BCUT2D eigenvalue weighted by Crippen LogP contribution is 2.39. The molecule has 2 aromatic carbocycles. The van der Waals surface area contributed by atoms with Crippen LogP contribution in [0.1, 0.15) is 30.4 Å². The molecule has 1 atom stereocenters. The van der Waals surface area contributed by atoms with Gasteiger partial charge < -0.3 is 14.7 Å². The van der Waals surface area contributed by atoms with E-state index in [0.717, 1.165) is 53.2 Å². The summed E-state index contributed by atoms with van der Waals surface area (Å²) in [6.45, 7) is 6.60. The van der Waals surface area contributed by atoms with Gasteiger partial charge in [-0.3, -0.25) is 14.6 Å². The van der Waals surface area contributed by atoms with E-state index in [-0.39, 0.29) is 30.1 Å². The molecular formula is C26H29FN4O2. The summed E-state index contributed by atoms with van der Waals surface area (Å²) in [5.74, 6) is -0.532. The molecule has 1 saturated carbocycles. The molecule has 2 heterocycles. The molecule has 0 bridgehead atoms. The SMILES string of the molecule is Cc1cc2c(cc1C)N(CC(=O)N1CCN(c3ccc(F)cc3)CC1)C(=O)[C@@H]1CCCC1=N2. The van der Waals surface area contributed by atoms with Crippen molar-refractivity contribution in [3.63, 3.8) is 0 Å². The number of hydrogen-bond acceptors (Lipinski definition) is 4. The molecule has 0 N–H and O–H groups in total. The van der Waals surface area contributed by atoms with E-state index in [9.17, 15) is 14.0 Å². The fourth-order valence-electron chi connectivity index (χ4n) is 5.05. The second-order valence-electron chi connectivity index (χ2n) is 9.24. The lowest BCUT2D eigenvalue weighted by Crippen LogP contribution is -2.52. The molecule has 0 aromatic heterocycles. The number of benzene rings is 2. The first kappa shape index (κ1) is 21.6. The zero-order valence-corrected chi connectivity index (χ0v) is 19.2. The maximum Gasteiger partial charge on any atom is 0.242 e. The minimum absolute atomic E-state index is 0.00782. The molecule has 1 saturated heterocycles. The van der Waals surface area contributed by atoms with Crippen molar-refractivity contribution in [2.24, 2.45) is 10.9 Å². The van der Waals surface area contributed by atoms with Crippen LogP contribution in [0.2, 0.25) is 0 Å². The lowest BCUT2D eigenvalue weighted by Gasteiger charge is -2.37. The van der Waals surface area contributed by atoms with Gasteiger partial charge in [0.15, 0.2) is 0 Å². The van der Waals surface area contributed by atoms with Crippen LogP contribution in [0.15, 0.2) is 41.4 Å². The Labute approximate surface area is 193 Å². The van der Waals surface area contributed by atoms with Crippen LogP contribution in [-0.2, 0) is 9.59 Å². The number of aryl methyl sites for hydroxylation is 2. The number of carbonyl (C=O) groups excluding carboxylic acids is 2. The number of halogens is 1. The quantitative estimate of drug-likeness (QED) is 0.713. The number of nitrogens with zero attached hydrogens (tertiary/aromatic N) is 4. The van der Waals surface area contributed by atoms with E-state index in [2.05, 4.69) is 4.90 Å². The molecule has 0 unspecified atom stereocenters. The normalized spacial score (nSPS) is 20.3. The minimum Gasteiger partial charge on any atom is -0.368 e. The molecule has 6 nitrogen and oxygen atoms in total. The smallest absolute Gasteiger partial charge is 0.242 e. The van der Waals surface area contributed by atoms with Crippen molar-refractivity contribution in [1.29, 1.82) is 0 Å². The topological polar surface area (TPSA) is 56.2 Å². The molecular weight excluding hydrogens is 419 g/mol. The van der Waals surface area contributed by atoms with Crippen LogP contribution in [0.5, 0.6) is 0 Å². The Balaban J connectivity index is 1.33. The summed E-state index contributed by atoms with van der Waals surface area (Å²) in [5, 5.41) is 0. The highest BCUT2D eigenvalue weighted by atomic mass is 19.1. The monoisotopic (exact) mass is 448 g/mol. The highest BCUT2D eigenvalue weighted by Gasteiger charge is 2.38. The fraction of sp³-hybridized carbons (Fsp3) is 0.423. The van der Waals surface area contributed by atoms with Crippen LogP contribution in [0.4, 0.5) is 21.5 Å². The van der Waals surface area contributed by atoms with Gasteiger partial charge in [0, 0.05) is 37.6 Å². The summed E-state index contributed by atoms with van der Waals surface area (Å²) in [4.78, 5) is 37.3. The summed E-state index contributed by atoms with van der Waals surface area (Å²) < 4.78 is 13.2. The van der Waals surface area contributed by atoms with Crippen LogP contribution in [0.25, 0.3) is 0 Å². The van der Waals surface area contributed by atoms with Crippen LogP contribution in [-0.4, -0.2) is 55.1 Å². The van der Waals surface area contributed by atoms with E-state index in [1.165, 1.54) is 12.1 Å². The first-order chi connectivity index (χ1) is 15.9. The van der Waals surface area contributed by atoms with Gasteiger partial charge in [-0.1, -0.05) is 0 Å². The Morgan fingerprint density at radius 1 is 1.06 bits per heavy atom. The van der Waals surface area contributed by atoms with Crippen LogP contribution in [0, 0.1) is 25.6 Å². The van der Waals surface area contributed by atoms with Gasteiger partial charge in [0.1, 0.15) is 12.4 Å². The standard InChI is InChI=1S/C26H29FN4O2/c1-17-14-23-24(15-18(17)2)31(26(33)21-4-3-5-22(21)28-23)16-25(32)30-12-10-29(11-13-30)20-8-6-19(27)7-9-20/h6-9,14-15,21H,3-5,10-13,16H2,1-2H3/t21-/m1/s1. The van der Waals surface area contributed by atoms with E-state index in [0.29, 0.717) is 26.2 Å². The average molecular weight is 449 g/mol. The first-order valence-electron chi connectivity index (χ1n) is 11.7. The summed E-state index contributed by atoms with van der Waals surface area (Å²) >= 11 is 0. The molecule has 2 fully saturated rings. The lowest BCUT2D eigenvalue weighted by molar-refractivity contribution is -0.132. The number of aliphatic imine (C=N–C) groups is 1. The van der Waals surface area contributed by atoms with Crippen molar-refractivity contribution in [2.75, 3.05) is 42.5 Å². The molecule has 3 aliphatic rings. The summed E-state index contributed by atoms with van der Waals surface area (Å²) in [6.07, 6.45) is 2.60. The number of fused-ring (bicyclic) bond motifs is 2.